The Morgan fingerprint density at radius 3 is 2.67 bits per heavy atom. The van der Waals surface area contributed by atoms with Crippen LogP contribution in [0.15, 0.2) is 59.5 Å². The molecule has 0 aliphatic carbocycles. The zero-order valence-electron chi connectivity index (χ0n) is 24.8. The lowest BCUT2D eigenvalue weighted by Crippen LogP contribution is -2.46. The highest BCUT2D eigenvalue weighted by molar-refractivity contribution is 5.99. The molecule has 2 aliphatic rings. The zero-order chi connectivity index (χ0) is 30.4. The number of carbonyl (C=O) groups excluding carboxylic acids is 2. The summed E-state index contributed by atoms with van der Waals surface area (Å²) in [6.07, 6.45) is 6.71. The molecule has 1 aromatic heterocycles. The van der Waals surface area contributed by atoms with E-state index in [-0.39, 0.29) is 23.3 Å². The van der Waals surface area contributed by atoms with Gasteiger partial charge in [-0.2, -0.15) is 0 Å². The monoisotopic (exact) mass is 574 g/mol. The smallest absolute Gasteiger partial charge is 0.254 e. The quantitative estimate of drug-likeness (QED) is 0.280. The second kappa shape index (κ2) is 13.1. The Balaban J connectivity index is 0.000000288. The molecule has 0 radical (unpaired) electrons. The van der Waals surface area contributed by atoms with Crippen LogP contribution in [0.2, 0.25) is 0 Å². The van der Waals surface area contributed by atoms with E-state index in [1.165, 1.54) is 18.5 Å². The van der Waals surface area contributed by atoms with Crippen LogP contribution in [0, 0.1) is 12.7 Å². The third-order valence-electron chi connectivity index (χ3n) is 7.21. The number of ether oxygens (including phenoxy) is 1. The first kappa shape index (κ1) is 30.6. The van der Waals surface area contributed by atoms with E-state index < -0.39 is 0 Å². The molecule has 10 heteroatoms. The summed E-state index contributed by atoms with van der Waals surface area (Å²) in [5.41, 5.74) is 8.45. The first-order valence-electron chi connectivity index (χ1n) is 14.1. The Hall–Kier alpha value is -4.31. The summed E-state index contributed by atoms with van der Waals surface area (Å²) in [5.74, 6) is 0.795. The van der Waals surface area contributed by atoms with Crippen LogP contribution in [-0.2, 0) is 11.2 Å². The molecule has 2 saturated heterocycles. The fraction of sp³-hybridized carbons (Fsp3) is 0.375. The number of pyridine rings is 1. The fourth-order valence-corrected chi connectivity index (χ4v) is 5.00. The first-order chi connectivity index (χ1) is 20.0. The number of nitrogens with one attached hydrogen (secondary N) is 2. The van der Waals surface area contributed by atoms with Crippen LogP contribution >= 0.6 is 0 Å². The van der Waals surface area contributed by atoms with Crippen molar-refractivity contribution in [1.29, 1.82) is 0 Å². The minimum absolute atomic E-state index is 0.0372. The van der Waals surface area contributed by atoms with E-state index in [9.17, 15) is 14.0 Å². The summed E-state index contributed by atoms with van der Waals surface area (Å²) in [6, 6.07) is 11.2. The molecule has 9 nitrogen and oxygen atoms in total. The number of benzene rings is 2. The van der Waals surface area contributed by atoms with Gasteiger partial charge >= 0.3 is 0 Å². The number of aliphatic imine (C=N–C) groups is 1. The van der Waals surface area contributed by atoms with Crippen molar-refractivity contribution in [1.82, 2.24) is 20.5 Å². The molecule has 42 heavy (non-hydrogen) atoms. The van der Waals surface area contributed by atoms with E-state index in [2.05, 4.69) is 20.6 Å². The van der Waals surface area contributed by atoms with Gasteiger partial charge in [0.15, 0.2) is 0 Å². The van der Waals surface area contributed by atoms with E-state index in [4.69, 9.17) is 10.5 Å². The van der Waals surface area contributed by atoms with Crippen molar-refractivity contribution >= 4 is 29.4 Å². The second-order valence-corrected chi connectivity index (χ2v) is 11.5. The Kier molecular flexibility index (Phi) is 9.57. The number of piperazine rings is 1. The number of aromatic nitrogens is 1. The number of fused-ring (bicyclic) bond motifs is 3. The van der Waals surface area contributed by atoms with Crippen LogP contribution in [0.25, 0.3) is 10.9 Å². The van der Waals surface area contributed by atoms with Crippen LogP contribution in [0.1, 0.15) is 55.6 Å². The molecule has 2 amide bonds. The number of allylic oxidation sites excluding steroid dienone is 1. The van der Waals surface area contributed by atoms with Crippen molar-refractivity contribution in [3.8, 4) is 11.5 Å². The van der Waals surface area contributed by atoms with Gasteiger partial charge < -0.3 is 26.0 Å². The molecule has 3 heterocycles. The highest BCUT2D eigenvalue weighted by Crippen LogP contribution is 2.33. The number of nitrogens with zero attached hydrogens (tertiary/aromatic N) is 3. The standard InChI is InChI=1S/C24H24FN3O2.C8H15N3O/c1-3-15-8-14(2)23(11-20(15)25)30-22-6-7-26-21-5-4-16(9-19(21)22)24(29)28-13-17-10-18(28)12-27-17;1-8(2,3)11-5-7(4-9)10-6-12/h4-9,11,17-18,27H,3,10,12-13H2,1-2H3;4-6H,9H2,1-3H3,(H,10,12)/b;7-4+,11-5?. The predicted octanol–water partition coefficient (Wildman–Crippen LogP) is 4.63. The van der Waals surface area contributed by atoms with Gasteiger partial charge in [0.25, 0.3) is 5.91 Å². The molecule has 2 unspecified atom stereocenters. The molecule has 3 aromatic rings. The molecule has 5 rings (SSSR count). The van der Waals surface area contributed by atoms with Gasteiger partial charge in [0, 0.05) is 60.8 Å². The number of amides is 2. The van der Waals surface area contributed by atoms with Gasteiger partial charge in [0.1, 0.15) is 17.3 Å². The molecule has 0 spiro atoms. The summed E-state index contributed by atoms with van der Waals surface area (Å²) in [4.78, 5) is 33.6. The summed E-state index contributed by atoms with van der Waals surface area (Å²) in [6.45, 7) is 11.3. The zero-order valence-corrected chi connectivity index (χ0v) is 24.8. The molecule has 222 valence electrons. The van der Waals surface area contributed by atoms with E-state index in [0.29, 0.717) is 47.2 Å². The van der Waals surface area contributed by atoms with Crippen LogP contribution in [0.3, 0.4) is 0 Å². The SMILES string of the molecule is CC(C)(C)N=C/C(=C\N)NC=O.CCc1cc(C)c(Oc2ccnc3ccc(C(=O)N4CC5CC4CN5)cc23)cc1F. The molecule has 2 aliphatic heterocycles. The van der Waals surface area contributed by atoms with Crippen molar-refractivity contribution < 1.29 is 18.7 Å². The first-order valence-corrected chi connectivity index (χ1v) is 14.1. The van der Waals surface area contributed by atoms with Gasteiger partial charge in [-0.25, -0.2) is 4.39 Å². The van der Waals surface area contributed by atoms with Crippen LogP contribution in [0.5, 0.6) is 11.5 Å². The van der Waals surface area contributed by atoms with Gasteiger partial charge in [-0.1, -0.05) is 6.92 Å². The maximum Gasteiger partial charge on any atom is 0.254 e. The van der Waals surface area contributed by atoms with Crippen LogP contribution in [-0.4, -0.2) is 59.1 Å². The lowest BCUT2D eigenvalue weighted by molar-refractivity contribution is -0.108. The van der Waals surface area contributed by atoms with Gasteiger partial charge in [-0.05, 0) is 82.0 Å². The third kappa shape index (κ3) is 7.30. The lowest BCUT2D eigenvalue weighted by atomic mass is 10.1. The average Bonchev–Trinajstić information content (AvgIpc) is 3.61. The second-order valence-electron chi connectivity index (χ2n) is 11.5. The van der Waals surface area contributed by atoms with Crippen molar-refractivity contribution in [2.45, 2.75) is 65.1 Å². The molecule has 2 fully saturated rings. The molecular weight excluding hydrogens is 535 g/mol. The molecular formula is C32H39FN6O3. The van der Waals surface area contributed by atoms with Gasteiger partial charge in [0.2, 0.25) is 6.41 Å². The van der Waals surface area contributed by atoms with Gasteiger partial charge in [-0.3, -0.25) is 19.6 Å². The highest BCUT2D eigenvalue weighted by atomic mass is 19.1. The number of halogens is 1. The minimum Gasteiger partial charge on any atom is -0.456 e. The van der Waals surface area contributed by atoms with Crippen molar-refractivity contribution in [2.75, 3.05) is 13.1 Å². The minimum atomic E-state index is -0.273. The van der Waals surface area contributed by atoms with Crippen molar-refractivity contribution in [3.63, 3.8) is 0 Å². The normalized spacial score (nSPS) is 18.2. The summed E-state index contributed by atoms with van der Waals surface area (Å²) in [7, 11) is 0. The van der Waals surface area contributed by atoms with Gasteiger partial charge in [0.05, 0.1) is 16.8 Å². The summed E-state index contributed by atoms with van der Waals surface area (Å²) < 4.78 is 20.4. The van der Waals surface area contributed by atoms with Gasteiger partial charge in [-0.15, -0.1) is 0 Å². The molecule has 2 atom stereocenters. The van der Waals surface area contributed by atoms with Crippen molar-refractivity contribution in [2.24, 2.45) is 10.7 Å². The topological polar surface area (TPSA) is 122 Å². The average molecular weight is 575 g/mol. The number of rotatable bonds is 7. The largest absolute Gasteiger partial charge is 0.456 e. The highest BCUT2D eigenvalue weighted by Gasteiger charge is 2.40. The molecule has 4 N–H and O–H groups in total. The molecule has 2 bridgehead atoms. The number of hydrogen-bond acceptors (Lipinski definition) is 7. The number of hydrogen-bond donors (Lipinski definition) is 3. The Bertz CT molecular complexity index is 1510. The molecule has 2 aromatic carbocycles. The Morgan fingerprint density at radius 1 is 1.26 bits per heavy atom. The number of likely N-dealkylation sites (tertiary alicyclic amines) is 1. The molecule has 0 saturated carbocycles. The Morgan fingerprint density at radius 2 is 2.05 bits per heavy atom. The Labute approximate surface area is 246 Å². The number of aryl methyl sites for hydroxylation is 2. The van der Waals surface area contributed by atoms with Crippen molar-refractivity contribution in [3.05, 3.63) is 77.0 Å². The predicted molar refractivity (Wildman–Crippen MR) is 163 cm³/mol. The summed E-state index contributed by atoms with van der Waals surface area (Å²) in [5, 5.41) is 6.57. The van der Waals surface area contributed by atoms with E-state index in [0.717, 1.165) is 36.0 Å². The maximum absolute atomic E-state index is 14.3. The maximum atomic E-state index is 14.3. The van der Waals surface area contributed by atoms with Crippen LogP contribution in [0.4, 0.5) is 4.39 Å². The lowest BCUT2D eigenvalue weighted by Gasteiger charge is -2.27. The fourth-order valence-electron chi connectivity index (χ4n) is 5.00. The van der Waals surface area contributed by atoms with E-state index in [1.54, 1.807) is 12.3 Å². The van der Waals surface area contributed by atoms with Crippen LogP contribution < -0.4 is 21.1 Å². The number of nitrogens with two attached hydrogens (primary N) is 1. The van der Waals surface area contributed by atoms with E-state index in [1.807, 2.05) is 63.8 Å². The third-order valence-corrected chi connectivity index (χ3v) is 7.21. The summed E-state index contributed by atoms with van der Waals surface area (Å²) >= 11 is 0. The number of carbonyl (C=O) groups is 2. The van der Waals surface area contributed by atoms with E-state index >= 15 is 0 Å².